The van der Waals surface area contributed by atoms with Crippen LogP contribution in [-0.2, 0) is 19.5 Å². The molecular formula is C19H16Cl2N4O. The van der Waals surface area contributed by atoms with E-state index >= 15 is 0 Å². The van der Waals surface area contributed by atoms with Gasteiger partial charge in [0.15, 0.2) is 0 Å². The fourth-order valence-electron chi connectivity index (χ4n) is 3.18. The third-order valence-electron chi connectivity index (χ3n) is 4.55. The Balaban J connectivity index is 1.64. The summed E-state index contributed by atoms with van der Waals surface area (Å²) in [5.41, 5.74) is 3.22. The van der Waals surface area contributed by atoms with Crippen LogP contribution in [-0.4, -0.2) is 26.4 Å². The van der Waals surface area contributed by atoms with Crippen LogP contribution in [0.5, 0.6) is 0 Å². The van der Waals surface area contributed by atoms with E-state index < -0.39 is 0 Å². The number of aromatic nitrogens is 3. The SMILES string of the molecule is O=c1[nH]c(-c2ccncc2)nc2c1CCN(Cc1c(Cl)cccc1Cl)C2. The average Bonchev–Trinajstić information content (AvgIpc) is 2.65. The molecule has 0 unspecified atom stereocenters. The second-order valence-corrected chi connectivity index (χ2v) is 7.05. The van der Waals surface area contributed by atoms with Gasteiger partial charge in [0.05, 0.1) is 5.69 Å². The van der Waals surface area contributed by atoms with Gasteiger partial charge in [0.2, 0.25) is 0 Å². The molecule has 26 heavy (non-hydrogen) atoms. The molecular weight excluding hydrogens is 371 g/mol. The summed E-state index contributed by atoms with van der Waals surface area (Å²) in [4.78, 5) is 26.2. The van der Waals surface area contributed by atoms with Crippen molar-refractivity contribution in [3.8, 4) is 11.4 Å². The van der Waals surface area contributed by atoms with Crippen LogP contribution in [0.1, 0.15) is 16.8 Å². The molecule has 3 aromatic rings. The Morgan fingerprint density at radius 1 is 1.12 bits per heavy atom. The topological polar surface area (TPSA) is 61.9 Å². The zero-order chi connectivity index (χ0) is 18.1. The van der Waals surface area contributed by atoms with Crippen molar-refractivity contribution in [1.29, 1.82) is 0 Å². The lowest BCUT2D eigenvalue weighted by molar-refractivity contribution is 0.240. The minimum atomic E-state index is -0.0720. The highest BCUT2D eigenvalue weighted by Gasteiger charge is 2.22. The second kappa shape index (κ2) is 7.19. The maximum Gasteiger partial charge on any atom is 0.254 e. The fourth-order valence-corrected chi connectivity index (χ4v) is 3.70. The predicted octanol–water partition coefficient (Wildman–Crippen LogP) is 3.70. The maximum absolute atomic E-state index is 12.5. The van der Waals surface area contributed by atoms with Crippen molar-refractivity contribution in [2.75, 3.05) is 6.54 Å². The van der Waals surface area contributed by atoms with Crippen molar-refractivity contribution in [1.82, 2.24) is 19.9 Å². The number of fused-ring (bicyclic) bond motifs is 1. The van der Waals surface area contributed by atoms with E-state index in [1.807, 2.05) is 30.3 Å². The van der Waals surface area contributed by atoms with Crippen LogP contribution >= 0.6 is 23.2 Å². The number of rotatable bonds is 3. The lowest BCUT2D eigenvalue weighted by atomic mass is 10.0. The quantitative estimate of drug-likeness (QED) is 0.745. The Bertz CT molecular complexity index is 984. The summed E-state index contributed by atoms with van der Waals surface area (Å²) in [6.07, 6.45) is 4.01. The molecule has 1 aliphatic rings. The van der Waals surface area contributed by atoms with Crippen LogP contribution in [0.15, 0.2) is 47.5 Å². The molecule has 0 bridgehead atoms. The number of H-pyrrole nitrogens is 1. The smallest absolute Gasteiger partial charge is 0.254 e. The first kappa shape index (κ1) is 17.2. The average molecular weight is 387 g/mol. The Morgan fingerprint density at radius 2 is 1.85 bits per heavy atom. The van der Waals surface area contributed by atoms with Crippen LogP contribution < -0.4 is 5.56 Å². The first-order valence-corrected chi connectivity index (χ1v) is 9.05. The lowest BCUT2D eigenvalue weighted by Crippen LogP contribution is -2.35. The third kappa shape index (κ3) is 3.38. The number of pyridine rings is 1. The van der Waals surface area contributed by atoms with E-state index in [4.69, 9.17) is 28.2 Å². The Kier molecular flexibility index (Phi) is 4.76. The molecule has 0 amide bonds. The van der Waals surface area contributed by atoms with Gasteiger partial charge in [-0.15, -0.1) is 0 Å². The Labute approximate surface area is 160 Å². The van der Waals surface area contributed by atoms with E-state index in [1.54, 1.807) is 12.4 Å². The molecule has 1 aromatic carbocycles. The van der Waals surface area contributed by atoms with Gasteiger partial charge in [-0.05, 0) is 30.7 Å². The van der Waals surface area contributed by atoms with Gasteiger partial charge >= 0.3 is 0 Å². The predicted molar refractivity (Wildman–Crippen MR) is 102 cm³/mol. The summed E-state index contributed by atoms with van der Waals surface area (Å²) in [6.45, 7) is 1.96. The number of nitrogens with one attached hydrogen (secondary N) is 1. The van der Waals surface area contributed by atoms with Gasteiger partial charge in [0.1, 0.15) is 5.82 Å². The highest BCUT2D eigenvalue weighted by Crippen LogP contribution is 2.27. The van der Waals surface area contributed by atoms with Crippen molar-refractivity contribution >= 4 is 23.2 Å². The highest BCUT2D eigenvalue weighted by molar-refractivity contribution is 6.35. The molecule has 0 atom stereocenters. The van der Waals surface area contributed by atoms with E-state index in [0.717, 1.165) is 28.9 Å². The first-order chi connectivity index (χ1) is 12.6. The summed E-state index contributed by atoms with van der Waals surface area (Å²) in [6, 6.07) is 9.17. The summed E-state index contributed by atoms with van der Waals surface area (Å²) in [7, 11) is 0. The van der Waals surface area contributed by atoms with Gasteiger partial charge < -0.3 is 4.98 Å². The molecule has 132 valence electrons. The Morgan fingerprint density at radius 3 is 2.58 bits per heavy atom. The molecule has 7 heteroatoms. The molecule has 0 radical (unpaired) electrons. The number of aromatic amines is 1. The molecule has 1 aliphatic heterocycles. The monoisotopic (exact) mass is 386 g/mol. The molecule has 1 N–H and O–H groups in total. The molecule has 5 nitrogen and oxygen atoms in total. The van der Waals surface area contributed by atoms with Gasteiger partial charge in [0.25, 0.3) is 5.56 Å². The largest absolute Gasteiger partial charge is 0.306 e. The normalized spacial score (nSPS) is 14.2. The number of nitrogens with zero attached hydrogens (tertiary/aromatic N) is 3. The van der Waals surface area contributed by atoms with Gasteiger partial charge in [-0.2, -0.15) is 0 Å². The molecule has 4 rings (SSSR count). The maximum atomic E-state index is 12.5. The molecule has 0 spiro atoms. The van der Waals surface area contributed by atoms with E-state index in [9.17, 15) is 4.79 Å². The molecule has 2 aromatic heterocycles. The van der Waals surface area contributed by atoms with Crippen LogP contribution in [0.25, 0.3) is 11.4 Å². The van der Waals surface area contributed by atoms with Crippen molar-refractivity contribution in [3.05, 3.63) is 79.9 Å². The molecule has 0 saturated heterocycles. The minimum Gasteiger partial charge on any atom is -0.306 e. The summed E-state index contributed by atoms with van der Waals surface area (Å²) in [5.74, 6) is 0.564. The molecule has 0 fully saturated rings. The van der Waals surface area contributed by atoms with Crippen molar-refractivity contribution < 1.29 is 0 Å². The van der Waals surface area contributed by atoms with E-state index in [0.29, 0.717) is 35.4 Å². The number of hydrogen-bond donors (Lipinski definition) is 1. The summed E-state index contributed by atoms with van der Waals surface area (Å²) < 4.78 is 0. The number of hydrogen-bond acceptors (Lipinski definition) is 4. The number of halogens is 2. The minimum absolute atomic E-state index is 0.0720. The standard InChI is InChI=1S/C19H16Cl2N4O/c20-15-2-1-3-16(21)14(15)10-25-9-6-13-17(11-25)23-18(24-19(13)26)12-4-7-22-8-5-12/h1-5,7-8H,6,9-11H2,(H,23,24,26). The van der Waals surface area contributed by atoms with Gasteiger partial charge in [0, 0.05) is 58.8 Å². The zero-order valence-electron chi connectivity index (χ0n) is 13.9. The van der Waals surface area contributed by atoms with Crippen molar-refractivity contribution in [2.45, 2.75) is 19.5 Å². The molecule has 0 saturated carbocycles. The van der Waals surface area contributed by atoms with Crippen LogP contribution in [0.4, 0.5) is 0 Å². The van der Waals surface area contributed by atoms with Crippen molar-refractivity contribution in [3.63, 3.8) is 0 Å². The van der Waals surface area contributed by atoms with E-state index in [1.165, 1.54) is 0 Å². The summed E-state index contributed by atoms with van der Waals surface area (Å²) >= 11 is 12.6. The van der Waals surface area contributed by atoms with E-state index in [-0.39, 0.29) is 5.56 Å². The lowest BCUT2D eigenvalue weighted by Gasteiger charge is -2.28. The van der Waals surface area contributed by atoms with Crippen LogP contribution in [0.3, 0.4) is 0 Å². The van der Waals surface area contributed by atoms with Crippen LogP contribution in [0.2, 0.25) is 10.0 Å². The first-order valence-electron chi connectivity index (χ1n) is 8.29. The highest BCUT2D eigenvalue weighted by atomic mass is 35.5. The molecule has 0 aliphatic carbocycles. The fraction of sp³-hybridized carbons (Fsp3) is 0.211. The van der Waals surface area contributed by atoms with E-state index in [2.05, 4.69) is 14.9 Å². The zero-order valence-corrected chi connectivity index (χ0v) is 15.4. The third-order valence-corrected chi connectivity index (χ3v) is 5.26. The van der Waals surface area contributed by atoms with Crippen molar-refractivity contribution in [2.24, 2.45) is 0 Å². The van der Waals surface area contributed by atoms with Crippen LogP contribution in [0, 0.1) is 0 Å². The van der Waals surface area contributed by atoms with Gasteiger partial charge in [-0.25, -0.2) is 4.98 Å². The summed E-state index contributed by atoms with van der Waals surface area (Å²) in [5, 5.41) is 1.30. The van der Waals surface area contributed by atoms with Gasteiger partial charge in [-0.3, -0.25) is 14.7 Å². The molecule has 3 heterocycles. The number of benzene rings is 1. The second-order valence-electron chi connectivity index (χ2n) is 6.24. The van der Waals surface area contributed by atoms with Gasteiger partial charge in [-0.1, -0.05) is 29.3 Å². The Hall–Kier alpha value is -2.21.